The summed E-state index contributed by atoms with van der Waals surface area (Å²) in [6, 6.07) is 10.8. The molecule has 0 fully saturated rings. The van der Waals surface area contributed by atoms with E-state index in [1.807, 2.05) is 6.07 Å². The van der Waals surface area contributed by atoms with Gasteiger partial charge in [0.25, 0.3) is 0 Å². The lowest BCUT2D eigenvalue weighted by atomic mass is 9.94. The number of nitrogens with zero attached hydrogens (tertiary/aromatic N) is 2. The molecule has 150 valence electrons. The first-order chi connectivity index (χ1) is 12.3. The van der Waals surface area contributed by atoms with Crippen molar-refractivity contribution in [3.63, 3.8) is 0 Å². The van der Waals surface area contributed by atoms with Crippen LogP contribution in [0, 0.1) is 0 Å². The summed E-state index contributed by atoms with van der Waals surface area (Å²) in [7, 11) is 0. The Morgan fingerprint density at radius 2 is 1.85 bits per heavy atom. The van der Waals surface area contributed by atoms with Crippen molar-refractivity contribution < 1.29 is 4.42 Å². The summed E-state index contributed by atoms with van der Waals surface area (Å²) in [5.74, 6) is 2.66. The normalized spacial score (nSPS) is 14.2. The van der Waals surface area contributed by atoms with E-state index in [1.165, 1.54) is 5.56 Å². The number of nitrogens with one attached hydrogen (secondary N) is 2. The summed E-state index contributed by atoms with van der Waals surface area (Å²) in [4.78, 5) is 8.98. The Labute approximate surface area is 180 Å². The fraction of sp³-hybridized carbons (Fsp3) is 0.524. The first-order valence-corrected chi connectivity index (χ1v) is 9.36. The van der Waals surface area contributed by atoms with Gasteiger partial charge in [-0.15, -0.1) is 24.0 Å². The molecule has 0 spiro atoms. The number of guanidine groups is 1. The van der Waals surface area contributed by atoms with Gasteiger partial charge >= 0.3 is 0 Å². The molecule has 0 aliphatic carbocycles. The molecule has 0 aliphatic rings. The van der Waals surface area contributed by atoms with Crippen LogP contribution in [0.3, 0.4) is 0 Å². The number of aromatic nitrogens is 1. The van der Waals surface area contributed by atoms with Crippen LogP contribution in [-0.2, 0) is 12.0 Å². The predicted molar refractivity (Wildman–Crippen MR) is 123 cm³/mol. The SMILES string of the molecule is CCNC(=NCc1ncc(C(C)(C)C)o1)NC(C)C(C)c1ccccc1.I. The summed E-state index contributed by atoms with van der Waals surface area (Å²) < 4.78 is 5.82. The zero-order valence-corrected chi connectivity index (χ0v) is 19.6. The zero-order valence-electron chi connectivity index (χ0n) is 17.2. The van der Waals surface area contributed by atoms with Gasteiger partial charge in [-0.3, -0.25) is 0 Å². The number of hydrogen-bond donors (Lipinski definition) is 2. The van der Waals surface area contributed by atoms with Gasteiger partial charge in [0, 0.05) is 23.9 Å². The van der Waals surface area contributed by atoms with Gasteiger partial charge in [-0.1, -0.05) is 58.0 Å². The molecule has 1 heterocycles. The van der Waals surface area contributed by atoms with Crippen molar-refractivity contribution in [1.29, 1.82) is 0 Å². The van der Waals surface area contributed by atoms with Gasteiger partial charge in [-0.2, -0.15) is 0 Å². The third kappa shape index (κ3) is 7.16. The van der Waals surface area contributed by atoms with Crippen LogP contribution in [0.5, 0.6) is 0 Å². The Morgan fingerprint density at radius 3 is 2.41 bits per heavy atom. The first kappa shape index (κ1) is 23.5. The van der Waals surface area contributed by atoms with Gasteiger partial charge in [0.2, 0.25) is 5.89 Å². The second kappa shape index (κ2) is 10.7. The topological polar surface area (TPSA) is 62.5 Å². The predicted octanol–water partition coefficient (Wildman–Crippen LogP) is 4.84. The largest absolute Gasteiger partial charge is 0.443 e. The third-order valence-electron chi connectivity index (χ3n) is 4.45. The molecule has 2 rings (SSSR count). The van der Waals surface area contributed by atoms with Crippen LogP contribution >= 0.6 is 24.0 Å². The van der Waals surface area contributed by atoms with Gasteiger partial charge in [-0.05, 0) is 19.4 Å². The summed E-state index contributed by atoms with van der Waals surface area (Å²) in [5, 5.41) is 6.79. The molecule has 27 heavy (non-hydrogen) atoms. The quantitative estimate of drug-likeness (QED) is 0.350. The minimum Gasteiger partial charge on any atom is -0.443 e. The number of oxazole rings is 1. The standard InChI is InChI=1S/C21H32N4O.HI/c1-7-22-20(24-14-19-23-13-18(26-19)21(4,5)6)25-16(3)15(2)17-11-9-8-10-12-17;/h8-13,15-16H,7,14H2,1-6H3,(H2,22,24,25);1H. The maximum atomic E-state index is 5.82. The molecule has 0 amide bonds. The minimum atomic E-state index is -0.0443. The maximum absolute atomic E-state index is 5.82. The van der Waals surface area contributed by atoms with E-state index in [0.717, 1.165) is 18.3 Å². The van der Waals surface area contributed by atoms with Crippen LogP contribution in [0.25, 0.3) is 0 Å². The highest BCUT2D eigenvalue weighted by Gasteiger charge is 2.19. The van der Waals surface area contributed by atoms with Gasteiger partial charge in [0.1, 0.15) is 12.3 Å². The zero-order chi connectivity index (χ0) is 19.2. The van der Waals surface area contributed by atoms with Crippen molar-refractivity contribution in [2.45, 2.75) is 65.5 Å². The number of hydrogen-bond acceptors (Lipinski definition) is 3. The van der Waals surface area contributed by atoms with Crippen molar-refractivity contribution in [3.8, 4) is 0 Å². The van der Waals surface area contributed by atoms with Crippen LogP contribution in [0.1, 0.15) is 64.7 Å². The highest BCUT2D eigenvalue weighted by atomic mass is 127. The lowest BCUT2D eigenvalue weighted by Crippen LogP contribution is -2.44. The fourth-order valence-electron chi connectivity index (χ4n) is 2.58. The Bertz CT molecular complexity index is 706. The average molecular weight is 484 g/mol. The van der Waals surface area contributed by atoms with Gasteiger partial charge in [0.05, 0.1) is 6.20 Å². The smallest absolute Gasteiger partial charge is 0.216 e. The maximum Gasteiger partial charge on any atom is 0.216 e. The Morgan fingerprint density at radius 1 is 1.19 bits per heavy atom. The number of aliphatic imine (C=N–C) groups is 1. The van der Waals surface area contributed by atoms with E-state index < -0.39 is 0 Å². The molecule has 0 aliphatic heterocycles. The lowest BCUT2D eigenvalue weighted by molar-refractivity contribution is 0.383. The van der Waals surface area contributed by atoms with Gasteiger partial charge in [-0.25, -0.2) is 9.98 Å². The van der Waals surface area contributed by atoms with Crippen LogP contribution in [0.2, 0.25) is 0 Å². The van der Waals surface area contributed by atoms with Crippen LogP contribution < -0.4 is 10.6 Å². The van der Waals surface area contributed by atoms with Crippen LogP contribution in [0.15, 0.2) is 45.9 Å². The van der Waals surface area contributed by atoms with Gasteiger partial charge < -0.3 is 15.1 Å². The third-order valence-corrected chi connectivity index (χ3v) is 4.45. The molecule has 2 N–H and O–H groups in total. The van der Waals surface area contributed by atoms with E-state index in [4.69, 9.17) is 4.42 Å². The minimum absolute atomic E-state index is 0. The molecular weight excluding hydrogens is 451 g/mol. The summed E-state index contributed by atoms with van der Waals surface area (Å²) >= 11 is 0. The molecule has 5 nitrogen and oxygen atoms in total. The van der Waals surface area contributed by atoms with E-state index >= 15 is 0 Å². The molecule has 0 radical (unpaired) electrons. The summed E-state index contributed by atoms with van der Waals surface area (Å²) in [6.45, 7) is 14.0. The lowest BCUT2D eigenvalue weighted by Gasteiger charge is -2.24. The Hall–Kier alpha value is -1.57. The monoisotopic (exact) mass is 484 g/mol. The molecular formula is C21H33IN4O. The number of rotatable bonds is 6. The Kier molecular flexibility index (Phi) is 9.29. The molecule has 6 heteroatoms. The first-order valence-electron chi connectivity index (χ1n) is 9.36. The molecule has 2 unspecified atom stereocenters. The second-order valence-corrected chi connectivity index (χ2v) is 7.70. The second-order valence-electron chi connectivity index (χ2n) is 7.70. The van der Waals surface area contributed by atoms with Crippen molar-refractivity contribution in [3.05, 3.63) is 53.7 Å². The van der Waals surface area contributed by atoms with Crippen molar-refractivity contribution in [2.75, 3.05) is 6.54 Å². The average Bonchev–Trinajstić information content (AvgIpc) is 3.09. The number of benzene rings is 1. The molecule has 0 saturated carbocycles. The van der Waals surface area contributed by atoms with E-state index in [0.29, 0.717) is 18.4 Å². The van der Waals surface area contributed by atoms with Crippen LogP contribution in [-0.4, -0.2) is 23.5 Å². The highest BCUT2D eigenvalue weighted by Crippen LogP contribution is 2.23. The molecule has 2 atom stereocenters. The summed E-state index contributed by atoms with van der Waals surface area (Å²) in [5.41, 5.74) is 1.27. The van der Waals surface area contributed by atoms with Crippen LogP contribution in [0.4, 0.5) is 0 Å². The number of halogens is 1. The van der Waals surface area contributed by atoms with E-state index in [2.05, 4.69) is 86.4 Å². The van der Waals surface area contributed by atoms with E-state index in [-0.39, 0.29) is 35.4 Å². The van der Waals surface area contributed by atoms with Crippen molar-refractivity contribution >= 4 is 29.9 Å². The van der Waals surface area contributed by atoms with E-state index in [9.17, 15) is 0 Å². The molecule has 0 bridgehead atoms. The molecule has 2 aromatic rings. The molecule has 1 aromatic heterocycles. The van der Waals surface area contributed by atoms with E-state index in [1.54, 1.807) is 6.20 Å². The molecule has 1 aromatic carbocycles. The van der Waals surface area contributed by atoms with Crippen molar-refractivity contribution in [1.82, 2.24) is 15.6 Å². The highest BCUT2D eigenvalue weighted by molar-refractivity contribution is 14.0. The Balaban J connectivity index is 0.00000364. The fourth-order valence-corrected chi connectivity index (χ4v) is 2.58. The summed E-state index contributed by atoms with van der Waals surface area (Å²) in [6.07, 6.45) is 1.80. The van der Waals surface area contributed by atoms with Gasteiger partial charge in [0.15, 0.2) is 5.96 Å². The molecule has 0 saturated heterocycles. The van der Waals surface area contributed by atoms with Crippen molar-refractivity contribution in [2.24, 2.45) is 4.99 Å².